The molecule has 9 heteroatoms. The minimum atomic E-state index is -0.269. The molecule has 0 bridgehead atoms. The number of aromatic nitrogens is 4. The Morgan fingerprint density at radius 3 is 1.52 bits per heavy atom. The SMILES string of the molecule is N#Cc1ccc2c3c4n(c2c1)-c1ccccc1B(n1c2cc(-c5ccccc5)ccc2c2c(-c5ccc6c(c5)oc5c6ccc6c5c5c7oc8ccccc8c7cc7c5n6-c5ccccc5B7n5c6cc(-c7ccccc7)ccc6c6ccc(-c7ccccc7)cc65)cc(-c5ccccc5)cc21)C=4CCC=3. The van der Waals surface area contributed by atoms with Crippen LogP contribution < -0.4 is 27.0 Å². The maximum absolute atomic E-state index is 10.3. The van der Waals surface area contributed by atoms with Gasteiger partial charge in [-0.05, 0) is 175 Å². The molecule has 0 unspecified atom stereocenters. The van der Waals surface area contributed by atoms with Gasteiger partial charge in [0.15, 0.2) is 0 Å². The first-order valence-electron chi connectivity index (χ1n) is 36.7. The van der Waals surface area contributed by atoms with Crippen molar-refractivity contribution in [3.8, 4) is 73.1 Å². The fourth-order valence-corrected chi connectivity index (χ4v) is 19.3. The second-order valence-electron chi connectivity index (χ2n) is 29.1. The Morgan fingerprint density at radius 1 is 0.321 bits per heavy atom. The van der Waals surface area contributed by atoms with Crippen LogP contribution in [0.25, 0.3) is 199 Å². The summed E-state index contributed by atoms with van der Waals surface area (Å²) in [6, 6.07) is 119. The summed E-state index contributed by atoms with van der Waals surface area (Å²) in [5.41, 5.74) is 30.6. The molecule has 0 atom stereocenters. The van der Waals surface area contributed by atoms with Crippen molar-refractivity contribution in [3.05, 3.63) is 332 Å². The maximum atomic E-state index is 10.3. The molecule has 21 aromatic rings. The molecule has 0 N–H and O–H groups in total. The zero-order chi connectivity index (χ0) is 69.1. The lowest BCUT2D eigenvalue weighted by molar-refractivity contribution is 0.670. The second-order valence-corrected chi connectivity index (χ2v) is 29.1. The molecule has 488 valence electrons. The van der Waals surface area contributed by atoms with E-state index in [9.17, 15) is 5.26 Å². The molecule has 24 rings (SSSR count). The van der Waals surface area contributed by atoms with E-state index in [0.717, 1.165) is 134 Å². The standard InChI is InChI=1S/C97H57B2N5O2/c100-56-57-36-41-69-72-29-19-32-79-94(72)102(84(69)48-57)82-34-17-14-30-77(82)98(79)104-87-52-64(60-24-9-3-10-25-60)39-45-74(87)91-75(49-66(53-88(91)104)61-26-11-4-12-27-61)65-40-44-71-73-46-47-83-92(96(73)106-90(71)54-65)93-95-80(55-76-70-28-13-18-35-89(70)105-97(76)93)99(78-31-15-16-33-81(78)101(83)95)103-85-50-62(58-20-5-1-6-21-58)37-42-67(85)68-43-38-63(51-86(68)103)59-22-7-2-8-23-59/h1-18,20-31,33-55H,19,32H2. The molecular weight excluding hydrogens is 1290 g/mol. The van der Waals surface area contributed by atoms with Gasteiger partial charge in [0.25, 0.3) is 0 Å². The van der Waals surface area contributed by atoms with Crippen LogP contribution in [0.15, 0.2) is 324 Å². The second kappa shape index (κ2) is 21.6. The van der Waals surface area contributed by atoms with Crippen LogP contribution >= 0.6 is 0 Å². The molecule has 15 aromatic carbocycles. The molecule has 2 aliphatic heterocycles. The Bertz CT molecular complexity index is 7560. The number of fused-ring (bicyclic) bond motifs is 24. The third-order valence-electron chi connectivity index (χ3n) is 23.7. The van der Waals surface area contributed by atoms with Gasteiger partial charge in [-0.1, -0.05) is 237 Å². The van der Waals surface area contributed by atoms with Gasteiger partial charge in [-0.25, -0.2) is 0 Å². The predicted molar refractivity (Wildman–Crippen MR) is 441 cm³/mol. The van der Waals surface area contributed by atoms with Crippen molar-refractivity contribution in [3.63, 3.8) is 0 Å². The molecule has 8 heterocycles. The highest BCUT2D eigenvalue weighted by atomic mass is 16.3. The van der Waals surface area contributed by atoms with E-state index in [0.29, 0.717) is 5.56 Å². The fourth-order valence-electron chi connectivity index (χ4n) is 19.3. The van der Waals surface area contributed by atoms with E-state index in [-0.39, 0.29) is 13.7 Å². The largest absolute Gasteiger partial charge is 0.455 e. The minimum absolute atomic E-state index is 0.165. The molecule has 1 aliphatic carbocycles. The molecule has 0 radical (unpaired) electrons. The van der Waals surface area contributed by atoms with E-state index >= 15 is 0 Å². The van der Waals surface area contributed by atoms with E-state index in [1.165, 1.54) is 98.2 Å². The lowest BCUT2D eigenvalue weighted by Crippen LogP contribution is -2.53. The summed E-state index contributed by atoms with van der Waals surface area (Å²) in [6.45, 7) is -0.434. The molecule has 0 spiro atoms. The van der Waals surface area contributed by atoms with Crippen molar-refractivity contribution in [2.24, 2.45) is 0 Å². The van der Waals surface area contributed by atoms with Crippen molar-refractivity contribution in [2.75, 3.05) is 0 Å². The van der Waals surface area contributed by atoms with Crippen molar-refractivity contribution in [1.82, 2.24) is 18.1 Å². The Balaban J connectivity index is 0.778. The summed E-state index contributed by atoms with van der Waals surface area (Å²) in [5.74, 6) is 0. The van der Waals surface area contributed by atoms with E-state index in [2.05, 4.69) is 340 Å². The number of hydrogen-bond acceptors (Lipinski definition) is 3. The molecule has 0 fully saturated rings. The lowest BCUT2D eigenvalue weighted by Gasteiger charge is -2.30. The normalized spacial score (nSPS) is 13.2. The van der Waals surface area contributed by atoms with Crippen LogP contribution in [0.1, 0.15) is 18.4 Å². The Kier molecular flexibility index (Phi) is 11.8. The number of furan rings is 2. The average Bonchev–Trinajstić information content (AvgIpc) is 1.51. The first kappa shape index (κ1) is 57.8. The topological polar surface area (TPSA) is 69.8 Å². The molecule has 6 aromatic heterocycles. The first-order valence-corrected chi connectivity index (χ1v) is 36.7. The maximum Gasteiger partial charge on any atom is 0.332 e. The summed E-state index contributed by atoms with van der Waals surface area (Å²) in [5, 5.41) is 25.0. The predicted octanol–water partition coefficient (Wildman–Crippen LogP) is 20.9. The number of benzene rings is 15. The van der Waals surface area contributed by atoms with Crippen molar-refractivity contribution in [2.45, 2.75) is 12.8 Å². The zero-order valence-corrected chi connectivity index (χ0v) is 57.2. The van der Waals surface area contributed by atoms with Crippen LogP contribution in [0.5, 0.6) is 0 Å². The molecule has 3 aliphatic rings. The molecule has 0 amide bonds. The van der Waals surface area contributed by atoms with Gasteiger partial charge in [0.05, 0.1) is 39.0 Å². The van der Waals surface area contributed by atoms with E-state index in [1.54, 1.807) is 0 Å². The van der Waals surface area contributed by atoms with Gasteiger partial charge in [0.2, 0.25) is 0 Å². The van der Waals surface area contributed by atoms with Crippen LogP contribution in [0.2, 0.25) is 0 Å². The van der Waals surface area contributed by atoms with Crippen molar-refractivity contribution < 1.29 is 8.83 Å². The minimum Gasteiger partial charge on any atom is -0.455 e. The van der Waals surface area contributed by atoms with Gasteiger partial charge in [0.1, 0.15) is 22.3 Å². The van der Waals surface area contributed by atoms with E-state index in [1.807, 2.05) is 6.07 Å². The molecule has 106 heavy (non-hydrogen) atoms. The van der Waals surface area contributed by atoms with Crippen LogP contribution in [0, 0.1) is 11.3 Å². The van der Waals surface area contributed by atoms with Gasteiger partial charge < -0.3 is 26.9 Å². The molecule has 7 nitrogen and oxygen atoms in total. The van der Waals surface area contributed by atoms with Gasteiger partial charge in [-0.15, -0.1) is 0 Å². The summed E-state index contributed by atoms with van der Waals surface area (Å²) in [7, 11) is 0. The number of nitriles is 1. The highest BCUT2D eigenvalue weighted by Gasteiger charge is 2.41. The Labute approximate surface area is 607 Å². The van der Waals surface area contributed by atoms with Gasteiger partial charge in [0, 0.05) is 92.5 Å². The third-order valence-corrected chi connectivity index (χ3v) is 23.7. The summed E-state index contributed by atoms with van der Waals surface area (Å²) in [4.78, 5) is 0. The highest BCUT2D eigenvalue weighted by Crippen LogP contribution is 2.49. The number of hydrogen-bond donors (Lipinski definition) is 0. The summed E-state index contributed by atoms with van der Waals surface area (Å²) >= 11 is 0. The highest BCUT2D eigenvalue weighted by molar-refractivity contribution is 6.90. The average molecular weight is 1350 g/mol. The summed E-state index contributed by atoms with van der Waals surface area (Å²) in [6.07, 6.45) is 4.22. The van der Waals surface area contributed by atoms with Crippen LogP contribution in [-0.4, -0.2) is 31.8 Å². The van der Waals surface area contributed by atoms with E-state index in [4.69, 9.17) is 8.83 Å². The van der Waals surface area contributed by atoms with Crippen LogP contribution in [0.3, 0.4) is 0 Å². The number of nitrogens with zero attached hydrogens (tertiary/aromatic N) is 5. The summed E-state index contributed by atoms with van der Waals surface area (Å²) < 4.78 is 25.3. The molecule has 0 saturated carbocycles. The van der Waals surface area contributed by atoms with Crippen molar-refractivity contribution >= 4 is 162 Å². The smallest absolute Gasteiger partial charge is 0.332 e. The fraction of sp³-hybridized carbons (Fsp3) is 0.0206. The molecular formula is C97H57B2N5O2. The van der Waals surface area contributed by atoms with Gasteiger partial charge >= 0.3 is 13.7 Å². The van der Waals surface area contributed by atoms with Gasteiger partial charge in [-0.2, -0.15) is 5.26 Å². The van der Waals surface area contributed by atoms with Crippen LogP contribution in [0.4, 0.5) is 0 Å². The lowest BCUT2D eigenvalue weighted by atomic mass is 9.46. The van der Waals surface area contributed by atoms with E-state index < -0.39 is 0 Å². The quantitative estimate of drug-likeness (QED) is 0.149. The number of para-hydroxylation sites is 3. The monoisotopic (exact) mass is 1350 g/mol. The van der Waals surface area contributed by atoms with Crippen LogP contribution in [-0.2, 0) is 0 Å². The number of rotatable bonds is 7. The Hall–Kier alpha value is -13.8. The Morgan fingerprint density at radius 2 is 0.840 bits per heavy atom. The third kappa shape index (κ3) is 7.91. The van der Waals surface area contributed by atoms with Gasteiger partial charge in [-0.3, -0.25) is 0 Å². The van der Waals surface area contributed by atoms with Crippen molar-refractivity contribution in [1.29, 1.82) is 5.26 Å². The first-order chi connectivity index (χ1) is 52.5. The zero-order valence-electron chi connectivity index (χ0n) is 57.2. The molecule has 0 saturated heterocycles.